The number of alkyl carbamates (subject to hydrolysis) is 1. The fourth-order valence-electron chi connectivity index (χ4n) is 2.21. The molecule has 0 fully saturated rings. The summed E-state index contributed by atoms with van der Waals surface area (Å²) in [6, 6.07) is 4.69. The van der Waals surface area contributed by atoms with Crippen LogP contribution in [0.4, 0.5) is 10.5 Å². The van der Waals surface area contributed by atoms with E-state index >= 15 is 0 Å². The maximum Gasteiger partial charge on any atom is 0.408 e. The molecule has 0 heterocycles. The number of nitro benzene ring substituents is 1. The van der Waals surface area contributed by atoms with Crippen LogP contribution < -0.4 is 5.32 Å². The van der Waals surface area contributed by atoms with Gasteiger partial charge in [-0.1, -0.05) is 12.1 Å². The van der Waals surface area contributed by atoms with Crippen molar-refractivity contribution < 1.29 is 32.8 Å². The van der Waals surface area contributed by atoms with Gasteiger partial charge in [0, 0.05) is 19.7 Å². The number of amides is 1. The Kier molecular flexibility index (Phi) is 6.75. The molecule has 0 spiro atoms. The average molecular weight is 417 g/mol. The summed E-state index contributed by atoms with van der Waals surface area (Å²) in [6.07, 6.45) is -1.05. The highest BCUT2D eigenvalue weighted by molar-refractivity contribution is 7.89. The van der Waals surface area contributed by atoms with Crippen LogP contribution in [0.1, 0.15) is 27.7 Å². The second-order valence-corrected chi connectivity index (χ2v) is 9.26. The van der Waals surface area contributed by atoms with Crippen LogP contribution in [-0.2, 0) is 19.6 Å². The molecule has 0 aliphatic rings. The third-order valence-electron chi connectivity index (χ3n) is 3.54. The summed E-state index contributed by atoms with van der Waals surface area (Å²) < 4.78 is 31.2. The van der Waals surface area contributed by atoms with E-state index in [1.165, 1.54) is 12.1 Å². The summed E-state index contributed by atoms with van der Waals surface area (Å²) in [4.78, 5) is 33.3. The molecule has 28 heavy (non-hydrogen) atoms. The Morgan fingerprint density at radius 3 is 2.25 bits per heavy atom. The molecule has 1 atom stereocenters. The van der Waals surface area contributed by atoms with E-state index < -0.39 is 55.3 Å². The first-order chi connectivity index (χ1) is 12.6. The van der Waals surface area contributed by atoms with E-state index in [9.17, 15) is 33.2 Å². The van der Waals surface area contributed by atoms with Crippen molar-refractivity contribution in [1.82, 2.24) is 9.62 Å². The van der Waals surface area contributed by atoms with Gasteiger partial charge in [-0.05, 0) is 33.8 Å². The molecule has 0 unspecified atom stereocenters. The molecule has 1 aromatic carbocycles. The topological polar surface area (TPSA) is 156 Å². The van der Waals surface area contributed by atoms with Gasteiger partial charge in [-0.2, -0.15) is 4.31 Å². The number of carboxylic acid groups (broad SMARTS) is 1. The summed E-state index contributed by atoms with van der Waals surface area (Å²) in [5.74, 6) is -1.51. The van der Waals surface area contributed by atoms with Crippen molar-refractivity contribution in [2.24, 2.45) is 0 Å². The number of aliphatic carboxylic acids is 1. The minimum Gasteiger partial charge on any atom is -0.479 e. The summed E-state index contributed by atoms with van der Waals surface area (Å²) in [5.41, 5.74) is -3.59. The molecule has 0 radical (unpaired) electrons. The number of hydrogen-bond acceptors (Lipinski definition) is 7. The number of nitrogens with one attached hydrogen (secondary N) is 1. The Morgan fingerprint density at radius 2 is 1.79 bits per heavy atom. The monoisotopic (exact) mass is 417 g/mol. The van der Waals surface area contributed by atoms with Crippen LogP contribution in [0.3, 0.4) is 0 Å². The van der Waals surface area contributed by atoms with Gasteiger partial charge in [-0.25, -0.2) is 18.0 Å². The van der Waals surface area contributed by atoms with E-state index in [1.807, 2.05) is 0 Å². The standard InChI is InChI=1S/C16H23N3O8S/c1-15(2,3)27-14(22)17-16(4,13(20)21)10-18(5)28(25,26)12-9-7-6-8-11(12)19(23)24/h6-9H,10H2,1-5H3,(H,17,22)(H,20,21)/t16-/m0/s1. The molecule has 2 N–H and O–H groups in total. The van der Waals surface area contributed by atoms with Crippen LogP contribution in [0.2, 0.25) is 0 Å². The van der Waals surface area contributed by atoms with E-state index in [2.05, 4.69) is 5.32 Å². The molecule has 1 rings (SSSR count). The van der Waals surface area contributed by atoms with Crippen molar-refractivity contribution in [3.8, 4) is 0 Å². The van der Waals surface area contributed by atoms with Crippen molar-refractivity contribution in [1.29, 1.82) is 0 Å². The van der Waals surface area contributed by atoms with Gasteiger partial charge in [0.25, 0.3) is 5.69 Å². The zero-order valence-electron chi connectivity index (χ0n) is 16.1. The number of likely N-dealkylation sites (N-methyl/N-ethyl adjacent to an activating group) is 1. The summed E-state index contributed by atoms with van der Waals surface area (Å²) in [7, 11) is -3.36. The first-order valence-corrected chi connectivity index (χ1v) is 9.48. The van der Waals surface area contributed by atoms with Crippen LogP contribution in [0, 0.1) is 10.1 Å². The zero-order chi connectivity index (χ0) is 21.9. The van der Waals surface area contributed by atoms with Crippen molar-refractivity contribution >= 4 is 27.8 Å². The minimum absolute atomic E-state index is 0.590. The number of para-hydroxylation sites is 1. The van der Waals surface area contributed by atoms with Crippen molar-refractivity contribution in [3.05, 3.63) is 34.4 Å². The second-order valence-electron chi connectivity index (χ2n) is 7.25. The number of sulfonamides is 1. The molecule has 156 valence electrons. The third-order valence-corrected chi connectivity index (χ3v) is 5.39. The fourth-order valence-corrected chi connectivity index (χ4v) is 3.64. The summed E-state index contributed by atoms with van der Waals surface area (Å²) in [5, 5.41) is 22.8. The van der Waals surface area contributed by atoms with Crippen LogP contribution in [0.5, 0.6) is 0 Å². The highest BCUT2D eigenvalue weighted by Gasteiger charge is 2.41. The normalized spacial score (nSPS) is 14.2. The largest absolute Gasteiger partial charge is 0.479 e. The van der Waals surface area contributed by atoms with E-state index in [-0.39, 0.29) is 0 Å². The lowest BCUT2D eigenvalue weighted by Crippen LogP contribution is -2.59. The van der Waals surface area contributed by atoms with Crippen molar-refractivity contribution in [2.75, 3.05) is 13.6 Å². The number of benzene rings is 1. The third kappa shape index (κ3) is 5.63. The van der Waals surface area contributed by atoms with Crippen LogP contribution >= 0.6 is 0 Å². The Labute approximate surface area is 162 Å². The SMILES string of the molecule is CN(C[C@](C)(NC(=O)OC(C)(C)C)C(=O)O)S(=O)(=O)c1ccccc1[N+](=O)[O-]. The fraction of sp³-hybridized carbons (Fsp3) is 0.500. The van der Waals surface area contributed by atoms with E-state index in [1.54, 1.807) is 20.8 Å². The molecular weight excluding hydrogens is 394 g/mol. The van der Waals surface area contributed by atoms with Crippen LogP contribution in [-0.4, -0.2) is 59.5 Å². The first kappa shape index (κ1) is 23.3. The Bertz CT molecular complexity index is 878. The number of carboxylic acids is 1. The number of nitro groups is 1. The molecule has 0 saturated carbocycles. The van der Waals surface area contributed by atoms with E-state index in [0.29, 0.717) is 4.31 Å². The molecule has 0 aromatic heterocycles. The molecule has 1 amide bonds. The number of carbonyl (C=O) groups is 2. The molecule has 0 aliphatic heterocycles. The van der Waals surface area contributed by atoms with Gasteiger partial charge >= 0.3 is 12.1 Å². The number of rotatable bonds is 7. The Morgan fingerprint density at radius 1 is 1.25 bits per heavy atom. The predicted octanol–water partition coefficient (Wildman–Crippen LogP) is 1.58. The lowest BCUT2D eigenvalue weighted by atomic mass is 10.0. The lowest BCUT2D eigenvalue weighted by Gasteiger charge is -2.31. The average Bonchev–Trinajstić information content (AvgIpc) is 2.52. The van der Waals surface area contributed by atoms with Gasteiger partial charge < -0.3 is 15.2 Å². The number of carbonyl (C=O) groups excluding carboxylic acids is 1. The molecule has 0 aliphatic carbocycles. The van der Waals surface area contributed by atoms with E-state index in [0.717, 1.165) is 26.1 Å². The van der Waals surface area contributed by atoms with E-state index in [4.69, 9.17) is 4.74 Å². The van der Waals surface area contributed by atoms with Gasteiger partial charge in [0.1, 0.15) is 5.60 Å². The predicted molar refractivity (Wildman–Crippen MR) is 98.3 cm³/mol. The highest BCUT2D eigenvalue weighted by Crippen LogP contribution is 2.26. The maximum absolute atomic E-state index is 12.8. The Hall–Kier alpha value is -2.73. The summed E-state index contributed by atoms with van der Waals surface area (Å²) >= 11 is 0. The Balaban J connectivity index is 3.19. The highest BCUT2D eigenvalue weighted by atomic mass is 32.2. The molecule has 0 bridgehead atoms. The number of nitrogens with zero attached hydrogens (tertiary/aromatic N) is 2. The molecular formula is C16H23N3O8S. The van der Waals surface area contributed by atoms with Gasteiger partial charge in [-0.3, -0.25) is 10.1 Å². The smallest absolute Gasteiger partial charge is 0.408 e. The quantitative estimate of drug-likeness (QED) is 0.500. The summed E-state index contributed by atoms with van der Waals surface area (Å²) in [6.45, 7) is 5.14. The number of ether oxygens (including phenoxy) is 1. The van der Waals surface area contributed by atoms with Crippen LogP contribution in [0.25, 0.3) is 0 Å². The molecule has 1 aromatic rings. The maximum atomic E-state index is 12.8. The lowest BCUT2D eigenvalue weighted by molar-refractivity contribution is -0.387. The van der Waals surface area contributed by atoms with Crippen molar-refractivity contribution in [3.63, 3.8) is 0 Å². The van der Waals surface area contributed by atoms with Gasteiger partial charge in [0.2, 0.25) is 10.0 Å². The second kappa shape index (κ2) is 8.10. The minimum atomic E-state index is -4.42. The number of hydrogen-bond donors (Lipinski definition) is 2. The van der Waals surface area contributed by atoms with Crippen molar-refractivity contribution in [2.45, 2.75) is 43.7 Å². The van der Waals surface area contributed by atoms with Gasteiger partial charge in [0.05, 0.1) is 4.92 Å². The van der Waals surface area contributed by atoms with Gasteiger partial charge in [-0.15, -0.1) is 0 Å². The van der Waals surface area contributed by atoms with Crippen LogP contribution in [0.15, 0.2) is 29.2 Å². The van der Waals surface area contributed by atoms with Gasteiger partial charge in [0.15, 0.2) is 10.4 Å². The molecule has 12 heteroatoms. The zero-order valence-corrected chi connectivity index (χ0v) is 16.9. The molecule has 0 saturated heterocycles. The molecule has 11 nitrogen and oxygen atoms in total. The first-order valence-electron chi connectivity index (χ1n) is 8.04.